The van der Waals surface area contributed by atoms with E-state index in [-0.39, 0.29) is 10.8 Å². The van der Waals surface area contributed by atoms with Gasteiger partial charge in [0.05, 0.1) is 7.11 Å². The second kappa shape index (κ2) is 10.7. The Hall–Kier alpha value is -6.12. The highest BCUT2D eigenvalue weighted by Gasteiger charge is 2.38. The smallest absolute Gasteiger partial charge is 0.143 e. The fourth-order valence-corrected chi connectivity index (χ4v) is 9.89. The maximum absolute atomic E-state index is 7.31. The van der Waals surface area contributed by atoms with E-state index in [4.69, 9.17) is 9.15 Å². The Balaban J connectivity index is 1.30. The minimum absolute atomic E-state index is 0.131. The van der Waals surface area contributed by atoms with Crippen LogP contribution in [0.15, 0.2) is 138 Å². The van der Waals surface area contributed by atoms with E-state index in [1.54, 1.807) is 7.11 Å². The molecule has 8 aromatic carbocycles. The van der Waals surface area contributed by atoms with Crippen LogP contribution in [-0.2, 0) is 10.8 Å². The van der Waals surface area contributed by atoms with Crippen LogP contribution in [0.2, 0.25) is 0 Å². The van der Waals surface area contributed by atoms with Crippen molar-refractivity contribution in [2.75, 3.05) is 7.11 Å². The molecule has 0 spiro atoms. The van der Waals surface area contributed by atoms with Crippen LogP contribution in [0.4, 0.5) is 0 Å². The fourth-order valence-electron chi connectivity index (χ4n) is 9.89. The summed E-state index contributed by atoms with van der Waals surface area (Å²) < 4.78 is 12.9. The van der Waals surface area contributed by atoms with Crippen LogP contribution in [0.1, 0.15) is 55.5 Å². The molecule has 0 unspecified atom stereocenters. The Labute approximate surface area is 315 Å². The van der Waals surface area contributed by atoms with Crippen molar-refractivity contribution in [1.29, 1.82) is 0 Å². The first kappa shape index (κ1) is 31.4. The van der Waals surface area contributed by atoms with Crippen LogP contribution in [0.25, 0.3) is 88.0 Å². The van der Waals surface area contributed by atoms with E-state index in [1.807, 2.05) is 0 Å². The van der Waals surface area contributed by atoms with Crippen molar-refractivity contribution in [2.45, 2.75) is 45.4 Å². The topological polar surface area (TPSA) is 22.4 Å². The first-order valence-electron chi connectivity index (χ1n) is 19.0. The predicted molar refractivity (Wildman–Crippen MR) is 226 cm³/mol. The van der Waals surface area contributed by atoms with Crippen molar-refractivity contribution >= 4 is 43.5 Å². The number of hydrogen-bond donors (Lipinski definition) is 0. The predicted octanol–water partition coefficient (Wildman–Crippen LogP) is 14.2. The average Bonchev–Trinajstić information content (AvgIpc) is 3.76. The SMILES string of the molecule is COc1ccc(-c2cc3c4cc(-c5ccc(C)cc5)c5cc6c(cc5c4oc3c3cc4c(cc23)-c2ccccc2C4(C)C)C(C)(C)c2ccccc2-6)cc1. The summed E-state index contributed by atoms with van der Waals surface area (Å²) >= 11 is 0. The zero-order valence-electron chi connectivity index (χ0n) is 31.5. The Morgan fingerprint density at radius 2 is 0.815 bits per heavy atom. The van der Waals surface area contributed by atoms with E-state index in [9.17, 15) is 0 Å². The molecule has 2 heteroatoms. The zero-order valence-corrected chi connectivity index (χ0v) is 31.5. The van der Waals surface area contributed by atoms with Crippen molar-refractivity contribution in [1.82, 2.24) is 0 Å². The van der Waals surface area contributed by atoms with Gasteiger partial charge in [-0.05, 0) is 133 Å². The summed E-state index contributed by atoms with van der Waals surface area (Å²) in [6.07, 6.45) is 0. The summed E-state index contributed by atoms with van der Waals surface area (Å²) in [7, 11) is 1.72. The highest BCUT2D eigenvalue weighted by molar-refractivity contribution is 6.26. The van der Waals surface area contributed by atoms with E-state index in [1.165, 1.54) is 77.5 Å². The molecule has 2 nitrogen and oxygen atoms in total. The van der Waals surface area contributed by atoms with Crippen LogP contribution in [0, 0.1) is 6.92 Å². The van der Waals surface area contributed by atoms with Crippen molar-refractivity contribution in [3.05, 3.63) is 161 Å². The number of benzene rings is 8. The van der Waals surface area contributed by atoms with E-state index >= 15 is 0 Å². The van der Waals surface area contributed by atoms with Gasteiger partial charge in [-0.25, -0.2) is 0 Å². The molecule has 0 bridgehead atoms. The molecule has 0 fully saturated rings. The lowest BCUT2D eigenvalue weighted by molar-refractivity contribution is 0.415. The van der Waals surface area contributed by atoms with Gasteiger partial charge in [-0.3, -0.25) is 0 Å². The number of aryl methyl sites for hydroxylation is 1. The quantitative estimate of drug-likeness (QED) is 0.183. The van der Waals surface area contributed by atoms with Crippen molar-refractivity contribution in [2.24, 2.45) is 0 Å². The second-order valence-electron chi connectivity index (χ2n) is 16.5. The molecule has 11 rings (SSSR count). The Bertz CT molecular complexity index is 3060. The van der Waals surface area contributed by atoms with Crippen LogP contribution in [-0.4, -0.2) is 7.11 Å². The summed E-state index contributed by atoms with van der Waals surface area (Å²) in [6.45, 7) is 11.6. The number of furan rings is 1. The molecule has 0 amide bonds. The molecule has 0 radical (unpaired) electrons. The third-order valence-corrected chi connectivity index (χ3v) is 12.8. The fraction of sp³-hybridized carbons (Fsp3) is 0.154. The van der Waals surface area contributed by atoms with Gasteiger partial charge in [0.25, 0.3) is 0 Å². The number of fused-ring (bicyclic) bond motifs is 13. The maximum Gasteiger partial charge on any atom is 0.143 e. The molecule has 260 valence electrons. The molecular weight excluding hydrogens is 657 g/mol. The van der Waals surface area contributed by atoms with Gasteiger partial charge in [0, 0.05) is 32.4 Å². The third kappa shape index (κ3) is 4.11. The molecule has 9 aromatic rings. The molecule has 0 saturated carbocycles. The van der Waals surface area contributed by atoms with E-state index < -0.39 is 0 Å². The maximum atomic E-state index is 7.31. The van der Waals surface area contributed by atoms with Gasteiger partial charge >= 0.3 is 0 Å². The minimum Gasteiger partial charge on any atom is -0.497 e. The van der Waals surface area contributed by atoms with Crippen LogP contribution >= 0.6 is 0 Å². The number of methoxy groups -OCH3 is 1. The Morgan fingerprint density at radius 1 is 0.407 bits per heavy atom. The average molecular weight is 697 g/mol. The first-order chi connectivity index (χ1) is 26.1. The monoisotopic (exact) mass is 696 g/mol. The van der Waals surface area contributed by atoms with Gasteiger partial charge in [-0.2, -0.15) is 0 Å². The highest BCUT2D eigenvalue weighted by atomic mass is 16.5. The summed E-state index contributed by atoms with van der Waals surface area (Å²) in [5.41, 5.74) is 18.3. The van der Waals surface area contributed by atoms with Gasteiger partial charge in [-0.15, -0.1) is 0 Å². The summed E-state index contributed by atoms with van der Waals surface area (Å²) in [5.74, 6) is 0.848. The van der Waals surface area contributed by atoms with Gasteiger partial charge in [0.2, 0.25) is 0 Å². The molecule has 2 aliphatic carbocycles. The molecule has 1 heterocycles. The zero-order chi connectivity index (χ0) is 36.7. The lowest BCUT2D eigenvalue weighted by Gasteiger charge is -2.22. The van der Waals surface area contributed by atoms with E-state index in [0.29, 0.717) is 0 Å². The number of rotatable bonds is 3. The van der Waals surface area contributed by atoms with Crippen LogP contribution in [0.5, 0.6) is 5.75 Å². The molecular formula is C52H40O2. The second-order valence-corrected chi connectivity index (χ2v) is 16.5. The lowest BCUT2D eigenvalue weighted by atomic mass is 9.81. The number of hydrogen-bond acceptors (Lipinski definition) is 2. The van der Waals surface area contributed by atoms with Gasteiger partial charge in [-0.1, -0.05) is 118 Å². The first-order valence-corrected chi connectivity index (χ1v) is 19.0. The van der Waals surface area contributed by atoms with Gasteiger partial charge in [0.1, 0.15) is 16.9 Å². The summed E-state index contributed by atoms with van der Waals surface area (Å²) in [4.78, 5) is 0. The highest BCUT2D eigenvalue weighted by Crippen LogP contribution is 2.54. The van der Waals surface area contributed by atoms with Gasteiger partial charge < -0.3 is 9.15 Å². The van der Waals surface area contributed by atoms with Crippen LogP contribution in [0.3, 0.4) is 0 Å². The largest absolute Gasteiger partial charge is 0.497 e. The van der Waals surface area contributed by atoms with Crippen LogP contribution < -0.4 is 4.74 Å². The van der Waals surface area contributed by atoms with Crippen molar-refractivity contribution < 1.29 is 9.15 Å². The van der Waals surface area contributed by atoms with E-state index in [0.717, 1.165) is 44.0 Å². The standard InChI is InChI=1S/C52H40O2/c1-29-15-17-30(18-16-29)35-23-41-42-24-36(31-19-21-32(53-6)22-20-31)38-26-40-34-12-8-10-14-46(34)52(4,5)48(40)28-44(38)50(42)54-49(41)43-27-47-39(25-37(35)43)33-11-7-9-13-45(33)51(47,2)3/h7-28H,1-6H3. The molecule has 0 atom stereocenters. The Kier molecular flexibility index (Phi) is 6.24. The van der Waals surface area contributed by atoms with E-state index in [2.05, 4.69) is 168 Å². The van der Waals surface area contributed by atoms with Gasteiger partial charge in [0.15, 0.2) is 0 Å². The molecule has 1 aromatic heterocycles. The minimum atomic E-state index is -0.138. The molecule has 0 saturated heterocycles. The Morgan fingerprint density at radius 3 is 1.28 bits per heavy atom. The normalized spacial score (nSPS) is 14.8. The molecule has 0 N–H and O–H groups in total. The molecule has 0 aliphatic heterocycles. The molecule has 54 heavy (non-hydrogen) atoms. The van der Waals surface area contributed by atoms with Crippen molar-refractivity contribution in [3.63, 3.8) is 0 Å². The lowest BCUT2D eigenvalue weighted by Crippen LogP contribution is -2.14. The number of ether oxygens (including phenoxy) is 1. The van der Waals surface area contributed by atoms with Crippen molar-refractivity contribution in [3.8, 4) is 50.3 Å². The third-order valence-electron chi connectivity index (χ3n) is 12.8. The molecule has 2 aliphatic rings. The summed E-state index contributed by atoms with van der Waals surface area (Å²) in [6, 6.07) is 49.8. The summed E-state index contributed by atoms with van der Waals surface area (Å²) in [5, 5.41) is 6.99.